The van der Waals surface area contributed by atoms with Gasteiger partial charge in [0, 0.05) is 29.8 Å². The van der Waals surface area contributed by atoms with Gasteiger partial charge in [0.2, 0.25) is 5.91 Å². The third kappa shape index (κ3) is 7.52. The zero-order chi connectivity index (χ0) is 23.5. The molecule has 0 spiro atoms. The van der Waals surface area contributed by atoms with Crippen molar-refractivity contribution >= 4 is 17.7 Å². The molecule has 168 valence electrons. The predicted octanol–water partition coefficient (Wildman–Crippen LogP) is -0.312. The minimum atomic E-state index is -1.29. The van der Waals surface area contributed by atoms with Crippen molar-refractivity contribution < 1.29 is 24.7 Å². The van der Waals surface area contributed by atoms with Crippen molar-refractivity contribution in [3.63, 3.8) is 0 Å². The van der Waals surface area contributed by atoms with Crippen molar-refractivity contribution in [2.75, 3.05) is 13.1 Å². The Morgan fingerprint density at radius 3 is 2.06 bits per heavy atom. The molecule has 0 unspecified atom stereocenters. The summed E-state index contributed by atoms with van der Waals surface area (Å²) >= 11 is 0. The zero-order valence-corrected chi connectivity index (χ0v) is 17.6. The molecule has 0 aliphatic heterocycles. The number of nitrogens with two attached hydrogens (primary N) is 1. The maximum Gasteiger partial charge on any atom is 0.268 e. The standard InChI is InChI=1S/C23H26N4O5/c1-15(28)21(23(31)27-32)26-22(30)19-10-8-17(9-11-19)3-2-16-4-6-18(7-5-16)14-20(29)25-13-12-24/h4-11,15,21,28,32H,12-14,24H2,1H3,(H,25,29)(H,26,30)(H,27,31)/t15-,21+/m1/s1. The van der Waals surface area contributed by atoms with E-state index >= 15 is 0 Å². The molecule has 0 heterocycles. The fourth-order valence-electron chi connectivity index (χ4n) is 2.71. The van der Waals surface area contributed by atoms with Crippen molar-refractivity contribution in [2.45, 2.75) is 25.5 Å². The summed E-state index contributed by atoms with van der Waals surface area (Å²) in [6.07, 6.45) is -0.921. The topological polar surface area (TPSA) is 154 Å². The summed E-state index contributed by atoms with van der Waals surface area (Å²) < 4.78 is 0. The normalized spacial score (nSPS) is 12.0. The molecule has 0 fully saturated rings. The van der Waals surface area contributed by atoms with Crippen LogP contribution in [0, 0.1) is 11.8 Å². The Morgan fingerprint density at radius 1 is 1.00 bits per heavy atom. The summed E-state index contributed by atoms with van der Waals surface area (Å²) in [6, 6.07) is 12.4. The maximum absolute atomic E-state index is 12.3. The van der Waals surface area contributed by atoms with E-state index in [1.807, 2.05) is 24.3 Å². The Bertz CT molecular complexity index is 992. The van der Waals surface area contributed by atoms with Crippen molar-refractivity contribution in [1.82, 2.24) is 16.1 Å². The molecular formula is C23H26N4O5. The van der Waals surface area contributed by atoms with Crippen LogP contribution in [0.2, 0.25) is 0 Å². The molecular weight excluding hydrogens is 412 g/mol. The average Bonchev–Trinajstić information content (AvgIpc) is 2.80. The molecule has 2 rings (SSSR count). The van der Waals surface area contributed by atoms with Crippen LogP contribution in [-0.2, 0) is 16.0 Å². The highest BCUT2D eigenvalue weighted by Gasteiger charge is 2.25. The fourth-order valence-corrected chi connectivity index (χ4v) is 2.71. The third-order valence-electron chi connectivity index (χ3n) is 4.45. The lowest BCUT2D eigenvalue weighted by molar-refractivity contribution is -0.133. The fraction of sp³-hybridized carbons (Fsp3) is 0.261. The van der Waals surface area contributed by atoms with Crippen LogP contribution in [0.25, 0.3) is 0 Å². The number of carbonyl (C=O) groups is 3. The second-order valence-electron chi connectivity index (χ2n) is 7.01. The number of rotatable bonds is 8. The number of carbonyl (C=O) groups excluding carboxylic acids is 3. The van der Waals surface area contributed by atoms with Crippen LogP contribution in [0.15, 0.2) is 48.5 Å². The van der Waals surface area contributed by atoms with Crippen molar-refractivity contribution in [3.05, 3.63) is 70.8 Å². The number of hydrogen-bond acceptors (Lipinski definition) is 6. The molecule has 3 amide bonds. The van der Waals surface area contributed by atoms with Crippen LogP contribution >= 0.6 is 0 Å². The molecule has 0 bridgehead atoms. The van der Waals surface area contributed by atoms with Gasteiger partial charge in [-0.1, -0.05) is 24.0 Å². The zero-order valence-electron chi connectivity index (χ0n) is 17.6. The van der Waals surface area contributed by atoms with E-state index in [-0.39, 0.29) is 17.9 Å². The van der Waals surface area contributed by atoms with E-state index in [0.29, 0.717) is 18.7 Å². The lowest BCUT2D eigenvalue weighted by Gasteiger charge is -2.19. The minimum absolute atomic E-state index is 0.0878. The third-order valence-corrected chi connectivity index (χ3v) is 4.45. The summed E-state index contributed by atoms with van der Waals surface area (Å²) in [4.78, 5) is 35.5. The molecule has 2 aromatic rings. The highest BCUT2D eigenvalue weighted by atomic mass is 16.5. The van der Waals surface area contributed by atoms with Gasteiger partial charge < -0.3 is 21.5 Å². The Kier molecular flexibility index (Phi) is 9.38. The number of amides is 3. The Balaban J connectivity index is 1.99. The van der Waals surface area contributed by atoms with Crippen LogP contribution in [0.5, 0.6) is 0 Å². The van der Waals surface area contributed by atoms with E-state index in [1.165, 1.54) is 12.4 Å². The lowest BCUT2D eigenvalue weighted by atomic mass is 10.1. The highest BCUT2D eigenvalue weighted by molar-refractivity contribution is 5.97. The summed E-state index contributed by atoms with van der Waals surface area (Å²) in [6.45, 7) is 2.17. The quantitative estimate of drug-likeness (QED) is 0.189. The Morgan fingerprint density at radius 2 is 1.56 bits per heavy atom. The summed E-state index contributed by atoms with van der Waals surface area (Å²) in [5, 5.41) is 23.4. The monoisotopic (exact) mass is 438 g/mol. The number of hydroxylamine groups is 1. The van der Waals surface area contributed by atoms with Gasteiger partial charge in [-0.15, -0.1) is 0 Å². The molecule has 9 nitrogen and oxygen atoms in total. The van der Waals surface area contributed by atoms with E-state index in [2.05, 4.69) is 22.5 Å². The van der Waals surface area contributed by atoms with Gasteiger partial charge >= 0.3 is 0 Å². The highest BCUT2D eigenvalue weighted by Crippen LogP contribution is 2.07. The second-order valence-corrected chi connectivity index (χ2v) is 7.01. The number of nitrogens with one attached hydrogen (secondary N) is 3. The summed E-state index contributed by atoms with van der Waals surface area (Å²) in [7, 11) is 0. The molecule has 0 aliphatic rings. The maximum atomic E-state index is 12.3. The lowest BCUT2D eigenvalue weighted by Crippen LogP contribution is -2.51. The SMILES string of the molecule is C[C@@H](O)[C@H](NC(=O)c1ccc(C#Cc2ccc(CC(=O)NCCN)cc2)cc1)C(=O)NO. The number of aliphatic hydroxyl groups excluding tert-OH is 1. The molecule has 0 radical (unpaired) electrons. The number of hydrogen-bond donors (Lipinski definition) is 6. The van der Waals surface area contributed by atoms with E-state index in [9.17, 15) is 19.5 Å². The molecule has 2 atom stereocenters. The first-order valence-electron chi connectivity index (χ1n) is 9.94. The first kappa shape index (κ1) is 24.6. The average molecular weight is 438 g/mol. The van der Waals surface area contributed by atoms with Crippen molar-refractivity contribution in [3.8, 4) is 11.8 Å². The van der Waals surface area contributed by atoms with Crippen LogP contribution in [0.3, 0.4) is 0 Å². The van der Waals surface area contributed by atoms with Crippen molar-refractivity contribution in [1.29, 1.82) is 0 Å². The first-order valence-corrected chi connectivity index (χ1v) is 9.94. The predicted molar refractivity (Wildman–Crippen MR) is 117 cm³/mol. The van der Waals surface area contributed by atoms with E-state index in [4.69, 9.17) is 10.9 Å². The van der Waals surface area contributed by atoms with Gasteiger partial charge in [-0.3, -0.25) is 19.6 Å². The first-order chi connectivity index (χ1) is 15.3. The van der Waals surface area contributed by atoms with Gasteiger partial charge in [0.25, 0.3) is 11.8 Å². The van der Waals surface area contributed by atoms with E-state index in [1.54, 1.807) is 24.3 Å². The second kappa shape index (κ2) is 12.2. The van der Waals surface area contributed by atoms with Crippen molar-refractivity contribution in [2.24, 2.45) is 5.73 Å². The Labute approximate surface area is 186 Å². The number of benzene rings is 2. The van der Waals surface area contributed by atoms with Crippen LogP contribution in [-0.4, -0.2) is 53.3 Å². The van der Waals surface area contributed by atoms with Gasteiger partial charge in [-0.25, -0.2) is 5.48 Å². The molecule has 0 saturated carbocycles. The number of aliphatic hydroxyl groups is 1. The van der Waals surface area contributed by atoms with E-state index < -0.39 is 24.0 Å². The Hall–Kier alpha value is -3.71. The van der Waals surface area contributed by atoms with Gasteiger partial charge in [-0.2, -0.15) is 0 Å². The van der Waals surface area contributed by atoms with Crippen LogP contribution < -0.4 is 21.8 Å². The minimum Gasteiger partial charge on any atom is -0.391 e. The summed E-state index contributed by atoms with van der Waals surface area (Å²) in [5.74, 6) is 4.42. The van der Waals surface area contributed by atoms with Crippen LogP contribution in [0.1, 0.15) is 34.0 Å². The molecule has 9 heteroatoms. The molecule has 0 saturated heterocycles. The van der Waals surface area contributed by atoms with Gasteiger partial charge in [0.05, 0.1) is 12.5 Å². The van der Waals surface area contributed by atoms with E-state index in [0.717, 1.165) is 11.1 Å². The largest absolute Gasteiger partial charge is 0.391 e. The van der Waals surface area contributed by atoms with Gasteiger partial charge in [-0.05, 0) is 48.9 Å². The van der Waals surface area contributed by atoms with Crippen LogP contribution in [0.4, 0.5) is 0 Å². The molecule has 0 aliphatic carbocycles. The molecule has 7 N–H and O–H groups in total. The van der Waals surface area contributed by atoms with Gasteiger partial charge in [0.1, 0.15) is 6.04 Å². The molecule has 0 aromatic heterocycles. The smallest absolute Gasteiger partial charge is 0.268 e. The summed E-state index contributed by atoms with van der Waals surface area (Å²) in [5.41, 5.74) is 9.35. The van der Waals surface area contributed by atoms with Gasteiger partial charge in [0.15, 0.2) is 0 Å². The molecule has 32 heavy (non-hydrogen) atoms. The molecule has 2 aromatic carbocycles.